The lowest BCUT2D eigenvalue weighted by atomic mass is 9.92. The summed E-state index contributed by atoms with van der Waals surface area (Å²) in [5, 5.41) is 10.6. The summed E-state index contributed by atoms with van der Waals surface area (Å²) in [7, 11) is -1.29. The highest BCUT2D eigenvalue weighted by Crippen LogP contribution is 2.35. The average molecular weight is 399 g/mol. The van der Waals surface area contributed by atoms with E-state index in [0.29, 0.717) is 6.42 Å². The summed E-state index contributed by atoms with van der Waals surface area (Å²) in [6.45, 7) is 6.33. The Hall–Kier alpha value is -1.71. The standard InChI is InChI=1S/C25H34O2S/c1-4-6-13-22(26)19-25(28(27)23-17-15-20(3)16-18-23)24(14-7-5-2)21-11-9-8-10-12-21/h8-12,15-19,22,24,26H,4-7,13-14H2,1-3H3/b25-19-/t22-,24-,28?/m1/s1. The first kappa shape index (κ1) is 22.6. The van der Waals surface area contributed by atoms with E-state index in [-0.39, 0.29) is 5.92 Å². The van der Waals surface area contributed by atoms with Crippen molar-refractivity contribution < 1.29 is 9.32 Å². The summed E-state index contributed by atoms with van der Waals surface area (Å²) >= 11 is 0. The van der Waals surface area contributed by atoms with Gasteiger partial charge >= 0.3 is 0 Å². The Morgan fingerprint density at radius 3 is 2.18 bits per heavy atom. The Kier molecular flexibility index (Phi) is 9.66. The quantitative estimate of drug-likeness (QED) is 0.468. The summed E-state index contributed by atoms with van der Waals surface area (Å²) in [6.07, 6.45) is 7.12. The summed E-state index contributed by atoms with van der Waals surface area (Å²) in [4.78, 5) is 1.64. The van der Waals surface area contributed by atoms with E-state index in [9.17, 15) is 9.32 Å². The molecule has 2 nitrogen and oxygen atoms in total. The van der Waals surface area contributed by atoms with Gasteiger partial charge in [-0.15, -0.1) is 0 Å². The van der Waals surface area contributed by atoms with Crippen molar-refractivity contribution in [3.05, 3.63) is 76.7 Å². The molecule has 0 fully saturated rings. The topological polar surface area (TPSA) is 37.3 Å². The molecule has 0 bridgehead atoms. The fraction of sp³-hybridized carbons (Fsp3) is 0.440. The second-order valence-corrected chi connectivity index (χ2v) is 8.95. The lowest BCUT2D eigenvalue weighted by molar-refractivity contribution is 0.208. The van der Waals surface area contributed by atoms with Gasteiger partial charge in [0, 0.05) is 15.7 Å². The Morgan fingerprint density at radius 1 is 0.964 bits per heavy atom. The number of unbranched alkanes of at least 4 members (excludes halogenated alkanes) is 2. The lowest BCUT2D eigenvalue weighted by Crippen LogP contribution is -2.13. The molecule has 0 aliphatic carbocycles. The van der Waals surface area contributed by atoms with Crippen LogP contribution in [0.5, 0.6) is 0 Å². The van der Waals surface area contributed by atoms with Gasteiger partial charge in [-0.25, -0.2) is 4.21 Å². The van der Waals surface area contributed by atoms with E-state index in [2.05, 4.69) is 26.0 Å². The van der Waals surface area contributed by atoms with E-state index in [1.807, 2.05) is 55.5 Å². The third-order valence-electron chi connectivity index (χ3n) is 5.05. The SMILES string of the molecule is CCCC[C@@H](O)/C=C(/[C@H](CCCC)c1ccccc1)S(=O)c1ccc(C)cc1. The van der Waals surface area contributed by atoms with Crippen LogP contribution < -0.4 is 0 Å². The molecule has 28 heavy (non-hydrogen) atoms. The predicted molar refractivity (Wildman–Crippen MR) is 120 cm³/mol. The number of benzene rings is 2. The first-order chi connectivity index (χ1) is 13.6. The third-order valence-corrected chi connectivity index (χ3v) is 6.60. The second-order valence-electron chi connectivity index (χ2n) is 7.47. The molecule has 1 N–H and O–H groups in total. The van der Waals surface area contributed by atoms with Crippen molar-refractivity contribution in [1.29, 1.82) is 0 Å². The molecule has 0 aromatic heterocycles. The van der Waals surface area contributed by atoms with Gasteiger partial charge in [0.15, 0.2) is 0 Å². The Balaban J connectivity index is 2.45. The van der Waals surface area contributed by atoms with E-state index >= 15 is 0 Å². The fourth-order valence-corrected chi connectivity index (χ4v) is 4.81. The van der Waals surface area contributed by atoms with Crippen molar-refractivity contribution in [2.45, 2.75) is 76.2 Å². The second kappa shape index (κ2) is 12.0. The first-order valence-electron chi connectivity index (χ1n) is 10.5. The van der Waals surface area contributed by atoms with Gasteiger partial charge in [0.1, 0.15) is 0 Å². The molecule has 0 heterocycles. The van der Waals surface area contributed by atoms with Crippen LogP contribution in [0, 0.1) is 6.92 Å². The molecule has 0 spiro atoms. The summed E-state index contributed by atoms with van der Waals surface area (Å²) in [6, 6.07) is 18.2. The first-order valence-corrected chi connectivity index (χ1v) is 11.6. The van der Waals surface area contributed by atoms with Gasteiger partial charge in [-0.1, -0.05) is 87.6 Å². The number of rotatable bonds is 11. The number of aliphatic hydroxyl groups is 1. The maximum atomic E-state index is 13.6. The highest BCUT2D eigenvalue weighted by molar-refractivity contribution is 7.89. The molecule has 152 valence electrons. The maximum absolute atomic E-state index is 13.6. The minimum absolute atomic E-state index is 0.0552. The lowest BCUT2D eigenvalue weighted by Gasteiger charge is -2.22. The van der Waals surface area contributed by atoms with Crippen molar-refractivity contribution in [2.24, 2.45) is 0 Å². The largest absolute Gasteiger partial charge is 0.389 e. The van der Waals surface area contributed by atoms with E-state index < -0.39 is 16.9 Å². The van der Waals surface area contributed by atoms with Crippen LogP contribution in [0.15, 0.2) is 70.5 Å². The summed E-state index contributed by atoms with van der Waals surface area (Å²) in [5.74, 6) is 0.0552. The zero-order chi connectivity index (χ0) is 20.4. The van der Waals surface area contributed by atoms with Crippen LogP contribution in [0.1, 0.15) is 69.4 Å². The summed E-state index contributed by atoms with van der Waals surface area (Å²) < 4.78 is 13.6. The molecule has 0 aliphatic rings. The van der Waals surface area contributed by atoms with Crippen LogP contribution in [0.25, 0.3) is 0 Å². The van der Waals surface area contributed by atoms with Crippen molar-refractivity contribution >= 4 is 10.8 Å². The van der Waals surface area contributed by atoms with Gasteiger partial charge in [0.25, 0.3) is 0 Å². The Labute approximate surface area is 173 Å². The van der Waals surface area contributed by atoms with Crippen LogP contribution in [0.2, 0.25) is 0 Å². The molecule has 3 heteroatoms. The monoisotopic (exact) mass is 398 g/mol. The minimum Gasteiger partial charge on any atom is -0.389 e. The van der Waals surface area contributed by atoms with Crippen LogP contribution in [-0.4, -0.2) is 15.4 Å². The zero-order valence-corrected chi connectivity index (χ0v) is 18.3. The van der Waals surface area contributed by atoms with Crippen molar-refractivity contribution in [2.75, 3.05) is 0 Å². The van der Waals surface area contributed by atoms with Gasteiger partial charge in [0.2, 0.25) is 0 Å². The van der Waals surface area contributed by atoms with E-state index in [4.69, 9.17) is 0 Å². The van der Waals surface area contributed by atoms with Crippen molar-refractivity contribution in [3.8, 4) is 0 Å². The average Bonchev–Trinajstić information content (AvgIpc) is 2.72. The number of hydrogen-bond acceptors (Lipinski definition) is 2. The molecular formula is C25H34O2S. The summed E-state index contributed by atoms with van der Waals surface area (Å²) in [5.41, 5.74) is 2.32. The zero-order valence-electron chi connectivity index (χ0n) is 17.4. The molecule has 3 atom stereocenters. The van der Waals surface area contributed by atoms with E-state index in [0.717, 1.165) is 47.5 Å². The molecule has 0 radical (unpaired) electrons. The van der Waals surface area contributed by atoms with Crippen LogP contribution in [0.4, 0.5) is 0 Å². The number of hydrogen-bond donors (Lipinski definition) is 1. The Morgan fingerprint density at radius 2 is 1.57 bits per heavy atom. The predicted octanol–water partition coefficient (Wildman–Crippen LogP) is 6.51. The molecule has 0 amide bonds. The molecule has 2 rings (SSSR count). The van der Waals surface area contributed by atoms with Crippen LogP contribution in [-0.2, 0) is 10.8 Å². The van der Waals surface area contributed by atoms with E-state index in [1.165, 1.54) is 5.56 Å². The molecule has 0 saturated carbocycles. The van der Waals surface area contributed by atoms with Gasteiger partial charge in [-0.05, 0) is 43.5 Å². The van der Waals surface area contributed by atoms with Gasteiger partial charge in [0.05, 0.1) is 16.9 Å². The molecule has 2 aromatic rings. The number of aryl methyl sites for hydroxylation is 1. The number of aliphatic hydroxyl groups excluding tert-OH is 1. The van der Waals surface area contributed by atoms with Crippen LogP contribution >= 0.6 is 0 Å². The van der Waals surface area contributed by atoms with Gasteiger partial charge in [-0.2, -0.15) is 0 Å². The van der Waals surface area contributed by atoms with Crippen LogP contribution in [0.3, 0.4) is 0 Å². The van der Waals surface area contributed by atoms with Gasteiger partial charge < -0.3 is 5.11 Å². The molecule has 0 aliphatic heterocycles. The highest BCUT2D eigenvalue weighted by Gasteiger charge is 2.23. The normalized spacial score (nSPS) is 15.2. The maximum Gasteiger partial charge on any atom is 0.0812 e. The fourth-order valence-electron chi connectivity index (χ4n) is 3.36. The van der Waals surface area contributed by atoms with E-state index in [1.54, 1.807) is 0 Å². The number of allylic oxidation sites excluding steroid dienone is 1. The van der Waals surface area contributed by atoms with Gasteiger partial charge in [-0.3, -0.25) is 0 Å². The molecular weight excluding hydrogens is 364 g/mol. The third kappa shape index (κ3) is 6.72. The highest BCUT2D eigenvalue weighted by atomic mass is 32.2. The minimum atomic E-state index is -1.29. The molecule has 0 saturated heterocycles. The molecule has 1 unspecified atom stereocenters. The Bertz CT molecular complexity index is 750. The van der Waals surface area contributed by atoms with Crippen molar-refractivity contribution in [1.82, 2.24) is 0 Å². The van der Waals surface area contributed by atoms with Crippen molar-refractivity contribution in [3.63, 3.8) is 0 Å². The smallest absolute Gasteiger partial charge is 0.0812 e. The molecule has 2 aromatic carbocycles.